The van der Waals surface area contributed by atoms with Gasteiger partial charge in [0.15, 0.2) is 0 Å². The molecule has 1 heterocycles. The molecule has 1 saturated carbocycles. The van der Waals surface area contributed by atoms with Crippen molar-refractivity contribution in [2.75, 3.05) is 26.8 Å². The molecule has 3 heteroatoms. The predicted octanol–water partition coefficient (Wildman–Crippen LogP) is 1.65. The van der Waals surface area contributed by atoms with Crippen molar-refractivity contribution in [1.29, 1.82) is 0 Å². The Labute approximate surface area is 98.8 Å². The van der Waals surface area contributed by atoms with E-state index in [1.807, 2.05) is 0 Å². The Morgan fingerprint density at radius 2 is 2.00 bits per heavy atom. The first-order chi connectivity index (χ1) is 7.77. The highest BCUT2D eigenvalue weighted by Crippen LogP contribution is 2.24. The van der Waals surface area contributed by atoms with Crippen LogP contribution in [-0.2, 0) is 4.74 Å². The lowest BCUT2D eigenvalue weighted by Gasteiger charge is -2.37. The summed E-state index contributed by atoms with van der Waals surface area (Å²) < 4.78 is 5.51. The van der Waals surface area contributed by atoms with Gasteiger partial charge in [0.2, 0.25) is 0 Å². The van der Waals surface area contributed by atoms with E-state index in [9.17, 15) is 5.11 Å². The zero-order valence-electron chi connectivity index (χ0n) is 10.4. The second-order valence-electron chi connectivity index (χ2n) is 5.44. The van der Waals surface area contributed by atoms with Crippen LogP contribution in [0.1, 0.15) is 38.5 Å². The van der Waals surface area contributed by atoms with E-state index in [0.29, 0.717) is 12.0 Å². The van der Waals surface area contributed by atoms with Crippen LogP contribution in [0, 0.1) is 5.92 Å². The minimum atomic E-state index is -0.108. The van der Waals surface area contributed by atoms with E-state index in [4.69, 9.17) is 4.74 Å². The molecule has 0 spiro atoms. The van der Waals surface area contributed by atoms with Crippen molar-refractivity contribution < 1.29 is 9.84 Å². The third kappa shape index (κ3) is 3.19. The van der Waals surface area contributed by atoms with Gasteiger partial charge in [-0.1, -0.05) is 12.8 Å². The van der Waals surface area contributed by atoms with Crippen LogP contribution in [0.15, 0.2) is 0 Å². The second kappa shape index (κ2) is 5.99. The van der Waals surface area contributed by atoms with Crippen LogP contribution >= 0.6 is 0 Å². The molecule has 2 fully saturated rings. The van der Waals surface area contributed by atoms with Gasteiger partial charge >= 0.3 is 0 Å². The van der Waals surface area contributed by atoms with Gasteiger partial charge in [-0.25, -0.2) is 0 Å². The van der Waals surface area contributed by atoms with E-state index < -0.39 is 0 Å². The number of rotatable bonds is 3. The van der Waals surface area contributed by atoms with Gasteiger partial charge in [-0.2, -0.15) is 0 Å². The van der Waals surface area contributed by atoms with E-state index in [2.05, 4.69) is 11.9 Å². The molecule has 3 unspecified atom stereocenters. The molecule has 94 valence electrons. The zero-order chi connectivity index (χ0) is 11.4. The Morgan fingerprint density at radius 3 is 2.69 bits per heavy atom. The standard InChI is InChI=1S/C13H25NO2/c1-14(9-11-5-4-8-16-10-11)12-6-2-3-7-13(12)15/h11-13,15H,2-10H2,1H3. The SMILES string of the molecule is CN(CC1CCCOC1)C1CCCCC1O. The van der Waals surface area contributed by atoms with Gasteiger partial charge in [0.25, 0.3) is 0 Å². The quantitative estimate of drug-likeness (QED) is 0.795. The first kappa shape index (κ1) is 12.3. The summed E-state index contributed by atoms with van der Waals surface area (Å²) in [6, 6.07) is 0.385. The summed E-state index contributed by atoms with van der Waals surface area (Å²) in [5.41, 5.74) is 0. The molecular weight excluding hydrogens is 202 g/mol. The third-order valence-corrected chi connectivity index (χ3v) is 4.06. The highest BCUT2D eigenvalue weighted by molar-refractivity contribution is 4.82. The highest BCUT2D eigenvalue weighted by atomic mass is 16.5. The summed E-state index contributed by atoms with van der Waals surface area (Å²) in [4.78, 5) is 2.36. The van der Waals surface area contributed by atoms with Crippen molar-refractivity contribution >= 4 is 0 Å². The lowest BCUT2D eigenvalue weighted by Crippen LogP contribution is -2.46. The molecule has 0 bridgehead atoms. The molecule has 0 amide bonds. The minimum Gasteiger partial charge on any atom is -0.391 e. The normalized spacial score (nSPS) is 36.6. The minimum absolute atomic E-state index is 0.108. The van der Waals surface area contributed by atoms with E-state index in [-0.39, 0.29) is 6.10 Å². The van der Waals surface area contributed by atoms with Gasteiger partial charge in [-0.05, 0) is 38.6 Å². The van der Waals surface area contributed by atoms with Crippen LogP contribution < -0.4 is 0 Å². The van der Waals surface area contributed by atoms with E-state index in [1.54, 1.807) is 0 Å². The van der Waals surface area contributed by atoms with Crippen LogP contribution in [0.25, 0.3) is 0 Å². The smallest absolute Gasteiger partial charge is 0.0695 e. The van der Waals surface area contributed by atoms with Gasteiger partial charge in [-0.15, -0.1) is 0 Å². The van der Waals surface area contributed by atoms with Crippen molar-refractivity contribution in [3.63, 3.8) is 0 Å². The fraction of sp³-hybridized carbons (Fsp3) is 1.00. The van der Waals surface area contributed by atoms with Crippen molar-refractivity contribution in [3.05, 3.63) is 0 Å². The Kier molecular flexibility index (Phi) is 4.62. The Morgan fingerprint density at radius 1 is 1.19 bits per heavy atom. The summed E-state index contributed by atoms with van der Waals surface area (Å²) in [7, 11) is 2.16. The van der Waals surface area contributed by atoms with Gasteiger partial charge in [0, 0.05) is 19.2 Å². The maximum Gasteiger partial charge on any atom is 0.0695 e. The summed E-state index contributed by atoms with van der Waals surface area (Å²) >= 11 is 0. The van der Waals surface area contributed by atoms with Crippen LogP contribution in [0.3, 0.4) is 0 Å². The van der Waals surface area contributed by atoms with E-state index in [0.717, 1.165) is 32.6 Å². The van der Waals surface area contributed by atoms with Crippen molar-refractivity contribution in [2.45, 2.75) is 50.7 Å². The molecule has 0 aromatic carbocycles. The second-order valence-corrected chi connectivity index (χ2v) is 5.44. The third-order valence-electron chi connectivity index (χ3n) is 4.06. The number of likely N-dealkylation sites (N-methyl/N-ethyl adjacent to an activating group) is 1. The lowest BCUT2D eigenvalue weighted by molar-refractivity contribution is -0.000145. The Bertz CT molecular complexity index is 204. The summed E-state index contributed by atoms with van der Waals surface area (Å²) in [5, 5.41) is 10.00. The van der Waals surface area contributed by atoms with Gasteiger partial charge < -0.3 is 14.7 Å². The highest BCUT2D eigenvalue weighted by Gasteiger charge is 2.28. The maximum absolute atomic E-state index is 10.00. The molecule has 0 aromatic heterocycles. The van der Waals surface area contributed by atoms with Gasteiger partial charge in [-0.3, -0.25) is 0 Å². The average molecular weight is 227 g/mol. The number of ether oxygens (including phenoxy) is 1. The monoisotopic (exact) mass is 227 g/mol. The largest absolute Gasteiger partial charge is 0.391 e. The first-order valence-electron chi connectivity index (χ1n) is 6.73. The molecule has 1 aliphatic heterocycles. The topological polar surface area (TPSA) is 32.7 Å². The molecular formula is C13H25NO2. The van der Waals surface area contributed by atoms with Gasteiger partial charge in [0.05, 0.1) is 12.7 Å². The van der Waals surface area contributed by atoms with Crippen molar-refractivity contribution in [3.8, 4) is 0 Å². The van der Waals surface area contributed by atoms with Crippen LogP contribution in [-0.4, -0.2) is 49.0 Å². The van der Waals surface area contributed by atoms with E-state index in [1.165, 1.54) is 25.7 Å². The summed E-state index contributed by atoms with van der Waals surface area (Å²) in [5.74, 6) is 0.674. The molecule has 3 atom stereocenters. The molecule has 0 aromatic rings. The Hall–Kier alpha value is -0.120. The maximum atomic E-state index is 10.00. The fourth-order valence-corrected chi connectivity index (χ4v) is 3.10. The molecule has 2 aliphatic rings. The van der Waals surface area contributed by atoms with Gasteiger partial charge in [0.1, 0.15) is 0 Å². The first-order valence-corrected chi connectivity index (χ1v) is 6.73. The fourth-order valence-electron chi connectivity index (χ4n) is 3.10. The lowest BCUT2D eigenvalue weighted by atomic mass is 9.90. The number of nitrogens with zero attached hydrogens (tertiary/aromatic N) is 1. The molecule has 2 rings (SSSR count). The van der Waals surface area contributed by atoms with Crippen molar-refractivity contribution in [2.24, 2.45) is 5.92 Å². The van der Waals surface area contributed by atoms with Crippen LogP contribution in [0.4, 0.5) is 0 Å². The van der Waals surface area contributed by atoms with Crippen LogP contribution in [0.5, 0.6) is 0 Å². The van der Waals surface area contributed by atoms with Crippen LogP contribution in [0.2, 0.25) is 0 Å². The molecule has 1 saturated heterocycles. The number of aliphatic hydroxyl groups excluding tert-OH is 1. The zero-order valence-corrected chi connectivity index (χ0v) is 10.4. The van der Waals surface area contributed by atoms with Crippen molar-refractivity contribution in [1.82, 2.24) is 4.90 Å². The summed E-state index contributed by atoms with van der Waals surface area (Å²) in [6.07, 6.45) is 6.98. The predicted molar refractivity (Wildman–Crippen MR) is 64.4 cm³/mol. The average Bonchev–Trinajstić information content (AvgIpc) is 2.31. The number of aliphatic hydroxyl groups is 1. The molecule has 16 heavy (non-hydrogen) atoms. The van der Waals surface area contributed by atoms with E-state index >= 15 is 0 Å². The summed E-state index contributed by atoms with van der Waals surface area (Å²) in [6.45, 7) is 2.93. The Balaban J connectivity index is 1.78. The molecule has 0 radical (unpaired) electrons. The molecule has 1 N–H and O–H groups in total. The molecule has 1 aliphatic carbocycles. The number of hydrogen-bond acceptors (Lipinski definition) is 3. The number of hydrogen-bond donors (Lipinski definition) is 1. The molecule has 3 nitrogen and oxygen atoms in total.